The molecule has 0 aromatic heterocycles. The molecule has 0 spiro atoms. The van der Waals surface area contributed by atoms with E-state index in [4.69, 9.17) is 9.84 Å². The molecule has 1 atom stereocenters. The van der Waals surface area contributed by atoms with Crippen molar-refractivity contribution in [2.45, 2.75) is 154 Å². The predicted molar refractivity (Wildman–Crippen MR) is 131 cm³/mol. The fraction of sp³-hybridized carbons (Fsp3) is 0.963. The summed E-state index contributed by atoms with van der Waals surface area (Å²) in [6, 6.07) is 0. The molecule has 2 N–H and O–H groups in total. The van der Waals surface area contributed by atoms with E-state index in [1.165, 1.54) is 96.3 Å². The van der Waals surface area contributed by atoms with Crippen molar-refractivity contribution in [1.82, 2.24) is 0 Å². The van der Waals surface area contributed by atoms with Crippen molar-refractivity contribution in [3.63, 3.8) is 0 Å². The van der Waals surface area contributed by atoms with E-state index in [9.17, 15) is 9.90 Å². The van der Waals surface area contributed by atoms with E-state index in [0.29, 0.717) is 19.4 Å². The lowest BCUT2D eigenvalue weighted by molar-refractivity contribution is -0.143. The van der Waals surface area contributed by atoms with Crippen LogP contribution in [-0.4, -0.2) is 35.5 Å². The Morgan fingerprint density at radius 2 is 1.10 bits per heavy atom. The molecule has 0 aromatic carbocycles. The normalized spacial score (nSPS) is 12.2. The van der Waals surface area contributed by atoms with Gasteiger partial charge in [0.15, 0.2) is 0 Å². The fourth-order valence-electron chi connectivity index (χ4n) is 4.03. The Hall–Kier alpha value is -0.610. The molecule has 0 radical (unpaired) electrons. The highest BCUT2D eigenvalue weighted by Crippen LogP contribution is 2.14. The van der Waals surface area contributed by atoms with Crippen molar-refractivity contribution in [2.24, 2.45) is 0 Å². The van der Waals surface area contributed by atoms with Crippen molar-refractivity contribution in [3.05, 3.63) is 0 Å². The first kappa shape index (κ1) is 30.4. The quantitative estimate of drug-likeness (QED) is 0.114. The standard InChI is InChI=1S/C27H54O4/c1-2-3-4-5-17-20-25-31-27(30)22-19-16-14-12-10-8-6-7-9-11-13-15-18-21-26(29)23-24-28/h26,28-29H,2-25H2,1H3. The van der Waals surface area contributed by atoms with Crippen LogP contribution in [0.4, 0.5) is 0 Å². The summed E-state index contributed by atoms with van der Waals surface area (Å²) in [5, 5.41) is 18.3. The van der Waals surface area contributed by atoms with Crippen LogP contribution in [0.5, 0.6) is 0 Å². The largest absolute Gasteiger partial charge is 0.466 e. The molecule has 4 heteroatoms. The summed E-state index contributed by atoms with van der Waals surface area (Å²) in [7, 11) is 0. The molecule has 0 bridgehead atoms. The van der Waals surface area contributed by atoms with E-state index in [1.54, 1.807) is 0 Å². The van der Waals surface area contributed by atoms with E-state index in [-0.39, 0.29) is 18.7 Å². The lowest BCUT2D eigenvalue weighted by Crippen LogP contribution is -2.08. The van der Waals surface area contributed by atoms with E-state index in [1.807, 2.05) is 0 Å². The van der Waals surface area contributed by atoms with Gasteiger partial charge >= 0.3 is 5.97 Å². The predicted octanol–water partition coefficient (Wildman–Crippen LogP) is 7.48. The summed E-state index contributed by atoms with van der Waals surface area (Å²) < 4.78 is 5.32. The number of carbonyl (C=O) groups is 1. The molecular formula is C27H54O4. The summed E-state index contributed by atoms with van der Waals surface area (Å²) in [4.78, 5) is 11.7. The van der Waals surface area contributed by atoms with Crippen LogP contribution in [0.25, 0.3) is 0 Å². The average molecular weight is 443 g/mol. The Morgan fingerprint density at radius 3 is 1.61 bits per heavy atom. The van der Waals surface area contributed by atoms with E-state index in [0.717, 1.165) is 32.1 Å². The van der Waals surface area contributed by atoms with Crippen molar-refractivity contribution in [2.75, 3.05) is 13.2 Å². The van der Waals surface area contributed by atoms with Crippen LogP contribution in [0.2, 0.25) is 0 Å². The van der Waals surface area contributed by atoms with Gasteiger partial charge in [0.2, 0.25) is 0 Å². The van der Waals surface area contributed by atoms with Gasteiger partial charge < -0.3 is 14.9 Å². The van der Waals surface area contributed by atoms with Gasteiger partial charge in [-0.05, 0) is 25.7 Å². The first-order valence-corrected chi connectivity index (χ1v) is 13.6. The van der Waals surface area contributed by atoms with Crippen LogP contribution < -0.4 is 0 Å². The highest BCUT2D eigenvalue weighted by atomic mass is 16.5. The molecule has 31 heavy (non-hydrogen) atoms. The highest BCUT2D eigenvalue weighted by molar-refractivity contribution is 5.69. The highest BCUT2D eigenvalue weighted by Gasteiger charge is 2.03. The van der Waals surface area contributed by atoms with Crippen LogP contribution >= 0.6 is 0 Å². The molecule has 186 valence electrons. The molecule has 0 saturated carbocycles. The number of ether oxygens (including phenoxy) is 1. The summed E-state index contributed by atoms with van der Waals surface area (Å²) in [6.07, 6.45) is 25.2. The summed E-state index contributed by atoms with van der Waals surface area (Å²) in [6.45, 7) is 2.93. The fourth-order valence-corrected chi connectivity index (χ4v) is 4.03. The van der Waals surface area contributed by atoms with E-state index >= 15 is 0 Å². The number of carbonyl (C=O) groups excluding carboxylic acids is 1. The molecule has 1 unspecified atom stereocenters. The minimum Gasteiger partial charge on any atom is -0.466 e. The van der Waals surface area contributed by atoms with Crippen LogP contribution in [0, 0.1) is 0 Å². The Labute approximate surface area is 193 Å². The van der Waals surface area contributed by atoms with Gasteiger partial charge in [-0.2, -0.15) is 0 Å². The molecule has 0 amide bonds. The first-order valence-electron chi connectivity index (χ1n) is 13.6. The minimum atomic E-state index is -0.311. The van der Waals surface area contributed by atoms with Crippen molar-refractivity contribution in [1.29, 1.82) is 0 Å². The van der Waals surface area contributed by atoms with E-state index in [2.05, 4.69) is 6.92 Å². The number of aliphatic hydroxyl groups is 2. The lowest BCUT2D eigenvalue weighted by atomic mass is 10.0. The third-order valence-electron chi connectivity index (χ3n) is 6.14. The summed E-state index contributed by atoms with van der Waals surface area (Å²) in [5.41, 5.74) is 0. The van der Waals surface area contributed by atoms with Gasteiger partial charge in [0.1, 0.15) is 0 Å². The molecule has 0 heterocycles. The second-order valence-electron chi connectivity index (χ2n) is 9.29. The number of hydrogen-bond acceptors (Lipinski definition) is 4. The number of rotatable bonds is 25. The Morgan fingerprint density at radius 1 is 0.645 bits per heavy atom. The number of hydrogen-bond donors (Lipinski definition) is 2. The number of esters is 1. The lowest BCUT2D eigenvalue weighted by Gasteiger charge is -2.08. The van der Waals surface area contributed by atoms with Gasteiger partial charge in [0, 0.05) is 13.0 Å². The van der Waals surface area contributed by atoms with E-state index < -0.39 is 0 Å². The molecule has 0 aromatic rings. The number of unbranched alkanes of at least 4 members (excludes halogenated alkanes) is 17. The second-order valence-corrected chi connectivity index (χ2v) is 9.29. The maximum atomic E-state index is 11.7. The maximum Gasteiger partial charge on any atom is 0.305 e. The van der Waals surface area contributed by atoms with Crippen molar-refractivity contribution >= 4 is 5.97 Å². The average Bonchev–Trinajstić information content (AvgIpc) is 2.76. The van der Waals surface area contributed by atoms with Gasteiger partial charge in [-0.15, -0.1) is 0 Å². The van der Waals surface area contributed by atoms with Crippen LogP contribution in [0.15, 0.2) is 0 Å². The van der Waals surface area contributed by atoms with Gasteiger partial charge in [-0.1, -0.05) is 116 Å². The second kappa shape index (κ2) is 25.6. The monoisotopic (exact) mass is 442 g/mol. The number of aliphatic hydroxyl groups excluding tert-OH is 2. The van der Waals surface area contributed by atoms with Crippen LogP contribution in [0.1, 0.15) is 148 Å². The van der Waals surface area contributed by atoms with Gasteiger partial charge in [-0.3, -0.25) is 4.79 Å². The Bertz CT molecular complexity index is 359. The molecule has 0 aliphatic heterocycles. The smallest absolute Gasteiger partial charge is 0.305 e. The third-order valence-corrected chi connectivity index (χ3v) is 6.14. The molecule has 0 aliphatic rings. The SMILES string of the molecule is CCCCCCCCOC(=O)CCCCCCCCCCCCCCCC(O)CCO. The third kappa shape index (κ3) is 25.5. The maximum absolute atomic E-state index is 11.7. The van der Waals surface area contributed by atoms with Crippen LogP contribution in [-0.2, 0) is 9.53 Å². The van der Waals surface area contributed by atoms with Gasteiger partial charge in [-0.25, -0.2) is 0 Å². The van der Waals surface area contributed by atoms with Crippen molar-refractivity contribution in [3.8, 4) is 0 Å². The Balaban J connectivity index is 3.15. The van der Waals surface area contributed by atoms with Crippen molar-refractivity contribution < 1.29 is 19.7 Å². The zero-order valence-electron chi connectivity index (χ0n) is 20.8. The minimum absolute atomic E-state index is 0.00473. The molecule has 0 saturated heterocycles. The zero-order valence-corrected chi connectivity index (χ0v) is 20.8. The summed E-state index contributed by atoms with van der Waals surface area (Å²) >= 11 is 0. The van der Waals surface area contributed by atoms with Gasteiger partial charge in [0.25, 0.3) is 0 Å². The molecule has 0 fully saturated rings. The summed E-state index contributed by atoms with van der Waals surface area (Å²) in [5.74, 6) is -0.00473. The zero-order chi connectivity index (χ0) is 22.8. The molecule has 0 rings (SSSR count). The Kier molecular flexibility index (Phi) is 25.1. The molecule has 0 aliphatic carbocycles. The van der Waals surface area contributed by atoms with Crippen LogP contribution in [0.3, 0.4) is 0 Å². The van der Waals surface area contributed by atoms with Gasteiger partial charge in [0.05, 0.1) is 12.7 Å². The molecule has 4 nitrogen and oxygen atoms in total. The molecular weight excluding hydrogens is 388 g/mol. The topological polar surface area (TPSA) is 66.8 Å². The first-order chi connectivity index (χ1) is 15.2.